The maximum Gasteiger partial charge on any atom is 0.255 e. The Balaban J connectivity index is 1.62. The molecule has 1 unspecified atom stereocenters. The first kappa shape index (κ1) is 17.7. The molecule has 0 spiro atoms. The second-order valence-electron chi connectivity index (χ2n) is 6.98. The molecule has 1 aromatic carbocycles. The Bertz CT molecular complexity index is 620. The molecule has 3 rings (SSSR count). The van der Waals surface area contributed by atoms with Crippen molar-refractivity contribution in [2.24, 2.45) is 11.1 Å². The van der Waals surface area contributed by atoms with E-state index in [1.165, 1.54) is 0 Å². The standard InChI is InChI=1S/C19H26N2O4/c20-18(23)19(9-3-4-10-19)13-21-17(22)15-7-1-2-8-16(15)25-12-14-6-5-11-24-14/h1-2,7-8,14H,3-6,9-13H2,(H2,20,23)(H,21,22). The molecule has 2 aliphatic rings. The van der Waals surface area contributed by atoms with Gasteiger partial charge in [-0.2, -0.15) is 0 Å². The smallest absolute Gasteiger partial charge is 0.255 e. The van der Waals surface area contributed by atoms with Crippen LogP contribution in [0.1, 0.15) is 48.9 Å². The number of ether oxygens (including phenoxy) is 2. The van der Waals surface area contributed by atoms with Crippen molar-refractivity contribution in [1.29, 1.82) is 0 Å². The normalized spacial score (nSPS) is 21.8. The summed E-state index contributed by atoms with van der Waals surface area (Å²) in [4.78, 5) is 24.4. The molecular weight excluding hydrogens is 320 g/mol. The van der Waals surface area contributed by atoms with Crippen molar-refractivity contribution in [1.82, 2.24) is 5.32 Å². The fraction of sp³-hybridized carbons (Fsp3) is 0.579. The highest BCUT2D eigenvalue weighted by molar-refractivity contribution is 5.97. The third kappa shape index (κ3) is 4.12. The minimum atomic E-state index is -0.608. The van der Waals surface area contributed by atoms with E-state index in [4.69, 9.17) is 15.2 Å². The number of benzene rings is 1. The molecule has 1 aromatic rings. The first-order valence-electron chi connectivity index (χ1n) is 9.02. The molecule has 1 aliphatic carbocycles. The summed E-state index contributed by atoms with van der Waals surface area (Å²) in [7, 11) is 0. The highest BCUT2D eigenvalue weighted by Gasteiger charge is 2.39. The lowest BCUT2D eigenvalue weighted by Gasteiger charge is -2.25. The van der Waals surface area contributed by atoms with Gasteiger partial charge in [-0.15, -0.1) is 0 Å². The average molecular weight is 346 g/mol. The van der Waals surface area contributed by atoms with Crippen LogP contribution < -0.4 is 15.8 Å². The fourth-order valence-electron chi connectivity index (χ4n) is 3.65. The van der Waals surface area contributed by atoms with Crippen molar-refractivity contribution >= 4 is 11.8 Å². The molecular formula is C19H26N2O4. The molecule has 1 atom stereocenters. The van der Waals surface area contributed by atoms with Crippen LogP contribution in [0, 0.1) is 5.41 Å². The number of carbonyl (C=O) groups excluding carboxylic acids is 2. The number of nitrogens with one attached hydrogen (secondary N) is 1. The molecule has 2 fully saturated rings. The Labute approximate surface area is 148 Å². The summed E-state index contributed by atoms with van der Waals surface area (Å²) in [5.74, 6) is -0.0290. The Morgan fingerprint density at radius 3 is 2.68 bits per heavy atom. The summed E-state index contributed by atoms with van der Waals surface area (Å²) < 4.78 is 11.4. The zero-order valence-corrected chi connectivity index (χ0v) is 14.5. The van der Waals surface area contributed by atoms with Gasteiger partial charge in [0.1, 0.15) is 12.4 Å². The quantitative estimate of drug-likeness (QED) is 0.790. The molecule has 136 valence electrons. The second kappa shape index (κ2) is 7.87. The van der Waals surface area contributed by atoms with Gasteiger partial charge in [-0.3, -0.25) is 9.59 Å². The largest absolute Gasteiger partial charge is 0.490 e. The Hall–Kier alpha value is -2.08. The van der Waals surface area contributed by atoms with Gasteiger partial charge in [-0.05, 0) is 37.8 Å². The van der Waals surface area contributed by atoms with Crippen molar-refractivity contribution in [3.63, 3.8) is 0 Å². The van der Waals surface area contributed by atoms with Crippen LogP contribution in [0.4, 0.5) is 0 Å². The second-order valence-corrected chi connectivity index (χ2v) is 6.98. The molecule has 1 saturated carbocycles. The summed E-state index contributed by atoms with van der Waals surface area (Å²) in [6.07, 6.45) is 5.54. The van der Waals surface area contributed by atoms with Crippen LogP contribution in [0.2, 0.25) is 0 Å². The lowest BCUT2D eigenvalue weighted by atomic mass is 9.85. The maximum absolute atomic E-state index is 12.6. The van der Waals surface area contributed by atoms with Crippen LogP contribution in [-0.4, -0.2) is 37.7 Å². The van der Waals surface area contributed by atoms with E-state index in [1.54, 1.807) is 18.2 Å². The molecule has 6 heteroatoms. The highest BCUT2D eigenvalue weighted by Crippen LogP contribution is 2.37. The number of nitrogens with two attached hydrogens (primary N) is 1. The van der Waals surface area contributed by atoms with Crippen LogP contribution in [0.15, 0.2) is 24.3 Å². The zero-order chi connectivity index (χ0) is 17.7. The van der Waals surface area contributed by atoms with Gasteiger partial charge in [0.05, 0.1) is 17.1 Å². The van der Waals surface area contributed by atoms with E-state index < -0.39 is 5.41 Å². The van der Waals surface area contributed by atoms with Gasteiger partial charge in [-0.1, -0.05) is 25.0 Å². The predicted molar refractivity (Wildman–Crippen MR) is 93.3 cm³/mol. The number of para-hydroxylation sites is 1. The number of amides is 2. The first-order valence-corrected chi connectivity index (χ1v) is 9.02. The molecule has 1 heterocycles. The Morgan fingerprint density at radius 1 is 1.24 bits per heavy atom. The monoisotopic (exact) mass is 346 g/mol. The van der Waals surface area contributed by atoms with Gasteiger partial charge in [-0.25, -0.2) is 0 Å². The van der Waals surface area contributed by atoms with Crippen molar-refractivity contribution in [3.05, 3.63) is 29.8 Å². The number of rotatable bonds is 7. The van der Waals surface area contributed by atoms with E-state index >= 15 is 0 Å². The van der Waals surface area contributed by atoms with Crippen LogP contribution in [-0.2, 0) is 9.53 Å². The Kier molecular flexibility index (Phi) is 5.58. The van der Waals surface area contributed by atoms with Crippen molar-refractivity contribution < 1.29 is 19.1 Å². The van der Waals surface area contributed by atoms with E-state index in [0.717, 1.165) is 45.1 Å². The van der Waals surface area contributed by atoms with Gasteiger partial charge in [0.25, 0.3) is 5.91 Å². The lowest BCUT2D eigenvalue weighted by molar-refractivity contribution is -0.127. The lowest BCUT2D eigenvalue weighted by Crippen LogP contribution is -2.44. The molecule has 1 aliphatic heterocycles. The van der Waals surface area contributed by atoms with Gasteiger partial charge < -0.3 is 20.5 Å². The molecule has 1 saturated heterocycles. The summed E-state index contributed by atoms with van der Waals surface area (Å²) in [5, 5.41) is 2.88. The summed E-state index contributed by atoms with van der Waals surface area (Å²) in [6, 6.07) is 7.14. The maximum atomic E-state index is 12.6. The van der Waals surface area contributed by atoms with E-state index in [0.29, 0.717) is 17.9 Å². The highest BCUT2D eigenvalue weighted by atomic mass is 16.5. The van der Waals surface area contributed by atoms with Crippen LogP contribution in [0.5, 0.6) is 5.75 Å². The van der Waals surface area contributed by atoms with Crippen molar-refractivity contribution in [3.8, 4) is 5.75 Å². The first-order chi connectivity index (χ1) is 12.1. The third-order valence-corrected chi connectivity index (χ3v) is 5.25. The topological polar surface area (TPSA) is 90.7 Å². The van der Waals surface area contributed by atoms with Crippen molar-refractivity contribution in [2.45, 2.75) is 44.6 Å². The minimum Gasteiger partial charge on any atom is -0.490 e. The van der Waals surface area contributed by atoms with Gasteiger partial charge in [0.2, 0.25) is 5.91 Å². The van der Waals surface area contributed by atoms with Crippen LogP contribution in [0.25, 0.3) is 0 Å². The summed E-state index contributed by atoms with van der Waals surface area (Å²) in [6.45, 7) is 1.49. The molecule has 6 nitrogen and oxygen atoms in total. The van der Waals surface area contributed by atoms with E-state index in [-0.39, 0.29) is 24.5 Å². The van der Waals surface area contributed by atoms with E-state index in [9.17, 15) is 9.59 Å². The van der Waals surface area contributed by atoms with Crippen molar-refractivity contribution in [2.75, 3.05) is 19.8 Å². The molecule has 0 aromatic heterocycles. The van der Waals surface area contributed by atoms with E-state index in [1.807, 2.05) is 6.07 Å². The number of hydrogen-bond acceptors (Lipinski definition) is 4. The average Bonchev–Trinajstić information content (AvgIpc) is 3.30. The molecule has 25 heavy (non-hydrogen) atoms. The number of primary amides is 1. The molecule has 2 amide bonds. The molecule has 0 radical (unpaired) electrons. The third-order valence-electron chi connectivity index (χ3n) is 5.25. The van der Waals surface area contributed by atoms with Gasteiger partial charge >= 0.3 is 0 Å². The number of carbonyl (C=O) groups is 2. The van der Waals surface area contributed by atoms with Crippen LogP contribution >= 0.6 is 0 Å². The fourth-order valence-corrected chi connectivity index (χ4v) is 3.65. The predicted octanol–water partition coefficient (Wildman–Crippen LogP) is 2.02. The van der Waals surface area contributed by atoms with Gasteiger partial charge in [0.15, 0.2) is 0 Å². The zero-order valence-electron chi connectivity index (χ0n) is 14.5. The SMILES string of the molecule is NC(=O)C1(CNC(=O)c2ccccc2OCC2CCCO2)CCCC1. The molecule has 3 N–H and O–H groups in total. The Morgan fingerprint density at radius 2 is 2.00 bits per heavy atom. The summed E-state index contributed by atoms with van der Waals surface area (Å²) in [5.41, 5.74) is 5.44. The minimum absolute atomic E-state index is 0.0905. The van der Waals surface area contributed by atoms with Crippen LogP contribution in [0.3, 0.4) is 0 Å². The van der Waals surface area contributed by atoms with Gasteiger partial charge in [0, 0.05) is 13.2 Å². The number of hydrogen-bond donors (Lipinski definition) is 2. The molecule has 0 bridgehead atoms. The summed E-state index contributed by atoms with van der Waals surface area (Å²) >= 11 is 0. The van der Waals surface area contributed by atoms with E-state index in [2.05, 4.69) is 5.32 Å².